The third kappa shape index (κ3) is 5.48. The number of carbonyl (C=O) groups excluding carboxylic acids is 1. The number of hydrogen-bond acceptors (Lipinski definition) is 3. The van der Waals surface area contributed by atoms with Gasteiger partial charge in [0.2, 0.25) is 15.9 Å². The largest absolute Gasteiger partial charge is 0.356 e. The lowest BCUT2D eigenvalue weighted by Crippen LogP contribution is -2.43. The van der Waals surface area contributed by atoms with Crippen LogP contribution in [0.1, 0.15) is 18.4 Å². The molecule has 1 saturated heterocycles. The molecule has 0 bridgehead atoms. The van der Waals surface area contributed by atoms with Gasteiger partial charge in [-0.1, -0.05) is 35.3 Å². The van der Waals surface area contributed by atoms with Crippen molar-refractivity contribution in [2.75, 3.05) is 19.6 Å². The highest BCUT2D eigenvalue weighted by Crippen LogP contribution is 2.30. The molecular weight excluding hydrogens is 438 g/mol. The molecule has 5 nitrogen and oxygen atoms in total. The Balaban J connectivity index is 1.52. The highest BCUT2D eigenvalue weighted by molar-refractivity contribution is 7.89. The number of amides is 1. The molecule has 0 radical (unpaired) electrons. The zero-order chi connectivity index (χ0) is 21.0. The van der Waals surface area contributed by atoms with Crippen molar-refractivity contribution in [3.63, 3.8) is 0 Å². The van der Waals surface area contributed by atoms with E-state index in [4.69, 9.17) is 23.2 Å². The summed E-state index contributed by atoms with van der Waals surface area (Å²) in [6.45, 7) is 0.920. The molecule has 1 fully saturated rings. The predicted molar refractivity (Wildman–Crippen MR) is 111 cm³/mol. The number of hydrogen-bond donors (Lipinski definition) is 1. The molecule has 1 aliphatic rings. The van der Waals surface area contributed by atoms with Crippen LogP contribution >= 0.6 is 23.2 Å². The van der Waals surface area contributed by atoms with E-state index in [1.807, 2.05) is 0 Å². The zero-order valence-corrected chi connectivity index (χ0v) is 17.9. The van der Waals surface area contributed by atoms with Crippen LogP contribution in [0.15, 0.2) is 47.4 Å². The Kier molecular flexibility index (Phi) is 7.16. The molecule has 1 aliphatic heterocycles. The van der Waals surface area contributed by atoms with Crippen LogP contribution in [0.2, 0.25) is 10.0 Å². The van der Waals surface area contributed by atoms with E-state index in [0.717, 1.165) is 5.56 Å². The summed E-state index contributed by atoms with van der Waals surface area (Å²) in [7, 11) is -3.77. The number of nitrogens with one attached hydrogen (secondary N) is 1. The van der Waals surface area contributed by atoms with Crippen LogP contribution in [0.5, 0.6) is 0 Å². The van der Waals surface area contributed by atoms with Crippen LogP contribution in [0.3, 0.4) is 0 Å². The smallest absolute Gasteiger partial charge is 0.244 e. The van der Waals surface area contributed by atoms with E-state index in [1.54, 1.807) is 12.1 Å². The van der Waals surface area contributed by atoms with E-state index in [2.05, 4.69) is 5.32 Å². The molecule has 9 heteroatoms. The summed E-state index contributed by atoms with van der Waals surface area (Å²) in [6, 6.07) is 10.5. The van der Waals surface area contributed by atoms with Crippen LogP contribution < -0.4 is 5.32 Å². The fourth-order valence-corrected chi connectivity index (χ4v) is 5.50. The first-order valence-corrected chi connectivity index (χ1v) is 11.4. The Morgan fingerprint density at radius 2 is 1.76 bits per heavy atom. The molecule has 29 heavy (non-hydrogen) atoms. The second kappa shape index (κ2) is 9.43. The fraction of sp³-hybridized carbons (Fsp3) is 0.350. The molecule has 0 saturated carbocycles. The maximum absolute atomic E-state index is 12.9. The number of carbonyl (C=O) groups is 1. The van der Waals surface area contributed by atoms with Gasteiger partial charge in [0.1, 0.15) is 10.7 Å². The second-order valence-electron chi connectivity index (χ2n) is 6.92. The summed E-state index contributed by atoms with van der Waals surface area (Å²) >= 11 is 12.0. The van der Waals surface area contributed by atoms with Crippen molar-refractivity contribution < 1.29 is 17.6 Å². The van der Waals surface area contributed by atoms with E-state index >= 15 is 0 Å². The van der Waals surface area contributed by atoms with Crippen LogP contribution in [0.4, 0.5) is 4.39 Å². The number of benzene rings is 2. The molecular formula is C20H21Cl2FN2O3S. The fourth-order valence-electron chi connectivity index (χ4n) is 3.30. The molecule has 2 aromatic rings. The molecule has 0 unspecified atom stereocenters. The van der Waals surface area contributed by atoms with Crippen LogP contribution in [-0.2, 0) is 21.2 Å². The van der Waals surface area contributed by atoms with Gasteiger partial charge >= 0.3 is 0 Å². The van der Waals surface area contributed by atoms with Crippen molar-refractivity contribution in [3.05, 3.63) is 63.9 Å². The van der Waals surface area contributed by atoms with Gasteiger partial charge in [0.25, 0.3) is 0 Å². The number of halogens is 3. The van der Waals surface area contributed by atoms with Crippen molar-refractivity contribution >= 4 is 39.1 Å². The average Bonchev–Trinajstić information content (AvgIpc) is 2.71. The van der Waals surface area contributed by atoms with Gasteiger partial charge in [0, 0.05) is 30.6 Å². The minimum Gasteiger partial charge on any atom is -0.356 e. The Bertz CT molecular complexity index is 976. The molecule has 1 N–H and O–H groups in total. The van der Waals surface area contributed by atoms with Crippen molar-refractivity contribution in [1.29, 1.82) is 0 Å². The lowest BCUT2D eigenvalue weighted by Gasteiger charge is -2.30. The number of rotatable bonds is 6. The maximum atomic E-state index is 12.9. The van der Waals surface area contributed by atoms with Gasteiger partial charge in [-0.25, -0.2) is 12.8 Å². The van der Waals surface area contributed by atoms with Crippen molar-refractivity contribution in [1.82, 2.24) is 9.62 Å². The molecule has 1 amide bonds. The summed E-state index contributed by atoms with van der Waals surface area (Å²) < 4.78 is 39.9. The zero-order valence-electron chi connectivity index (χ0n) is 15.6. The first-order chi connectivity index (χ1) is 13.8. The summed E-state index contributed by atoms with van der Waals surface area (Å²) in [6.07, 6.45) is 1.46. The van der Waals surface area contributed by atoms with E-state index in [-0.39, 0.29) is 40.6 Å². The van der Waals surface area contributed by atoms with Gasteiger partial charge in [-0.15, -0.1) is 0 Å². The number of piperidine rings is 1. The third-order valence-corrected chi connectivity index (χ3v) is 7.58. The quantitative estimate of drug-likeness (QED) is 0.713. The lowest BCUT2D eigenvalue weighted by atomic mass is 9.97. The van der Waals surface area contributed by atoms with Crippen LogP contribution in [0.25, 0.3) is 0 Å². The molecule has 0 aromatic heterocycles. The second-order valence-corrected chi connectivity index (χ2v) is 9.67. The summed E-state index contributed by atoms with van der Waals surface area (Å²) in [5.41, 5.74) is 0.936. The number of nitrogens with zero attached hydrogens (tertiary/aromatic N) is 1. The molecule has 3 rings (SSSR count). The van der Waals surface area contributed by atoms with Gasteiger partial charge in [0.15, 0.2) is 0 Å². The molecule has 0 atom stereocenters. The predicted octanol–water partition coefficient (Wildman–Crippen LogP) is 3.89. The monoisotopic (exact) mass is 458 g/mol. The van der Waals surface area contributed by atoms with Crippen LogP contribution in [-0.4, -0.2) is 38.3 Å². The lowest BCUT2D eigenvalue weighted by molar-refractivity contribution is -0.126. The third-order valence-electron chi connectivity index (χ3n) is 4.96. The van der Waals surface area contributed by atoms with E-state index < -0.39 is 10.0 Å². The van der Waals surface area contributed by atoms with E-state index in [1.165, 1.54) is 34.6 Å². The normalized spacial score (nSPS) is 16.0. The summed E-state index contributed by atoms with van der Waals surface area (Å²) in [4.78, 5) is 12.4. The Hall–Kier alpha value is -1.67. The molecule has 156 valence electrons. The van der Waals surface area contributed by atoms with Gasteiger partial charge in [-0.05, 0) is 55.2 Å². The SMILES string of the molecule is O=C(NCCc1ccc(F)cc1)C1CCN(S(=O)(=O)c2cc(Cl)ccc2Cl)CC1. The molecule has 0 aliphatic carbocycles. The van der Waals surface area contributed by atoms with Gasteiger partial charge in [0.05, 0.1) is 5.02 Å². The van der Waals surface area contributed by atoms with Gasteiger partial charge < -0.3 is 5.32 Å². The van der Waals surface area contributed by atoms with Crippen molar-refractivity contribution in [2.45, 2.75) is 24.2 Å². The van der Waals surface area contributed by atoms with Crippen LogP contribution in [0, 0.1) is 11.7 Å². The number of sulfonamides is 1. The molecule has 2 aromatic carbocycles. The Morgan fingerprint density at radius 1 is 1.10 bits per heavy atom. The van der Waals surface area contributed by atoms with E-state index in [0.29, 0.717) is 30.8 Å². The minimum atomic E-state index is -3.77. The average molecular weight is 459 g/mol. The molecule has 0 spiro atoms. The first kappa shape index (κ1) is 22.0. The van der Waals surface area contributed by atoms with Gasteiger partial charge in [-0.3, -0.25) is 4.79 Å². The molecule has 1 heterocycles. The van der Waals surface area contributed by atoms with E-state index in [9.17, 15) is 17.6 Å². The van der Waals surface area contributed by atoms with Gasteiger partial charge in [-0.2, -0.15) is 4.31 Å². The Morgan fingerprint density at radius 3 is 2.41 bits per heavy atom. The Labute approximate surface area is 179 Å². The topological polar surface area (TPSA) is 66.5 Å². The minimum absolute atomic E-state index is 0.0196. The first-order valence-electron chi connectivity index (χ1n) is 9.25. The standard InChI is InChI=1S/C20H21Cl2FN2O3S/c21-16-3-6-18(22)19(13-16)29(27,28)25-11-8-15(9-12-25)20(26)24-10-7-14-1-4-17(23)5-2-14/h1-6,13,15H,7-12H2,(H,24,26). The van der Waals surface area contributed by atoms with Crippen molar-refractivity contribution in [3.8, 4) is 0 Å². The maximum Gasteiger partial charge on any atom is 0.244 e. The summed E-state index contributed by atoms with van der Waals surface area (Å²) in [5, 5.41) is 3.29. The van der Waals surface area contributed by atoms with Crippen molar-refractivity contribution in [2.24, 2.45) is 5.92 Å². The highest BCUT2D eigenvalue weighted by Gasteiger charge is 2.33. The summed E-state index contributed by atoms with van der Waals surface area (Å²) in [5.74, 6) is -0.631. The highest BCUT2D eigenvalue weighted by atomic mass is 35.5.